The monoisotopic (exact) mass is 509 g/mol. The first-order valence-electron chi connectivity index (χ1n) is 12.0. The summed E-state index contributed by atoms with van der Waals surface area (Å²) in [6.45, 7) is 0.839. The van der Waals surface area contributed by atoms with E-state index in [4.69, 9.17) is 4.74 Å². The van der Waals surface area contributed by atoms with E-state index < -0.39 is 12.5 Å². The number of amides is 2. The second kappa shape index (κ2) is 11.8. The minimum atomic E-state index is -3.00. The van der Waals surface area contributed by atoms with Crippen molar-refractivity contribution < 1.29 is 27.8 Å². The van der Waals surface area contributed by atoms with E-state index in [9.17, 15) is 18.4 Å². The molecule has 1 aliphatic rings. The SMILES string of the molecule is CCOc1cc(C(=O)NCc2cccc(C(=O)N(C)c3ccc4c(c3)CNCC4)c2)ccc1OC(F)F. The molecule has 0 atom stereocenters. The van der Waals surface area contributed by atoms with Crippen LogP contribution in [0.4, 0.5) is 14.5 Å². The third-order valence-corrected chi connectivity index (χ3v) is 6.12. The van der Waals surface area contributed by atoms with Crippen molar-refractivity contribution in [2.75, 3.05) is 25.1 Å². The molecule has 0 unspecified atom stereocenters. The van der Waals surface area contributed by atoms with Crippen molar-refractivity contribution in [3.05, 3.63) is 88.5 Å². The largest absolute Gasteiger partial charge is 0.490 e. The van der Waals surface area contributed by atoms with Crippen LogP contribution < -0.4 is 25.0 Å². The molecule has 3 aromatic rings. The second-order valence-electron chi connectivity index (χ2n) is 8.60. The van der Waals surface area contributed by atoms with Crippen LogP contribution in [-0.4, -0.2) is 38.6 Å². The zero-order valence-corrected chi connectivity index (χ0v) is 20.7. The second-order valence-corrected chi connectivity index (χ2v) is 8.60. The molecule has 9 heteroatoms. The fourth-order valence-electron chi connectivity index (χ4n) is 4.20. The summed E-state index contributed by atoms with van der Waals surface area (Å²) in [5, 5.41) is 6.14. The molecule has 0 saturated heterocycles. The molecule has 0 spiro atoms. The van der Waals surface area contributed by atoms with Gasteiger partial charge in [0, 0.05) is 37.0 Å². The van der Waals surface area contributed by atoms with Crippen LogP contribution in [0.3, 0.4) is 0 Å². The van der Waals surface area contributed by atoms with Crippen LogP contribution in [0, 0.1) is 0 Å². The number of halogens is 2. The van der Waals surface area contributed by atoms with E-state index in [1.165, 1.54) is 29.3 Å². The zero-order chi connectivity index (χ0) is 26.4. The van der Waals surface area contributed by atoms with E-state index in [0.29, 0.717) is 5.56 Å². The number of fused-ring (bicyclic) bond motifs is 1. The number of anilines is 1. The van der Waals surface area contributed by atoms with E-state index in [-0.39, 0.29) is 36.1 Å². The number of hydrogen-bond acceptors (Lipinski definition) is 5. The highest BCUT2D eigenvalue weighted by Crippen LogP contribution is 2.30. The van der Waals surface area contributed by atoms with Gasteiger partial charge in [-0.1, -0.05) is 18.2 Å². The molecule has 2 amide bonds. The molecule has 194 valence electrons. The third-order valence-electron chi connectivity index (χ3n) is 6.12. The maximum absolute atomic E-state index is 13.2. The predicted molar refractivity (Wildman–Crippen MR) is 136 cm³/mol. The molecule has 0 radical (unpaired) electrons. The van der Waals surface area contributed by atoms with Gasteiger partial charge in [-0.25, -0.2) is 0 Å². The van der Waals surface area contributed by atoms with Crippen LogP contribution in [0.25, 0.3) is 0 Å². The van der Waals surface area contributed by atoms with Gasteiger partial charge >= 0.3 is 6.61 Å². The van der Waals surface area contributed by atoms with Crippen LogP contribution in [0.15, 0.2) is 60.7 Å². The Morgan fingerprint density at radius 1 is 1.03 bits per heavy atom. The molecule has 1 aliphatic heterocycles. The van der Waals surface area contributed by atoms with Gasteiger partial charge in [0.1, 0.15) is 0 Å². The molecule has 0 fully saturated rings. The normalized spacial score (nSPS) is 12.6. The lowest BCUT2D eigenvalue weighted by atomic mass is 10.00. The number of carbonyl (C=O) groups excluding carboxylic acids is 2. The van der Waals surface area contributed by atoms with Gasteiger partial charge in [-0.05, 0) is 79.0 Å². The maximum Gasteiger partial charge on any atom is 0.387 e. The summed E-state index contributed by atoms with van der Waals surface area (Å²) in [6.07, 6.45) is 0.974. The minimum Gasteiger partial charge on any atom is -0.490 e. The molecule has 0 aliphatic carbocycles. The number of hydrogen-bond donors (Lipinski definition) is 2. The van der Waals surface area contributed by atoms with Gasteiger partial charge in [0.25, 0.3) is 11.8 Å². The number of benzene rings is 3. The number of nitrogens with zero attached hydrogens (tertiary/aromatic N) is 1. The van der Waals surface area contributed by atoms with E-state index in [1.807, 2.05) is 18.2 Å². The zero-order valence-electron chi connectivity index (χ0n) is 20.7. The maximum atomic E-state index is 13.2. The molecular weight excluding hydrogens is 480 g/mol. The van der Waals surface area contributed by atoms with Crippen molar-refractivity contribution in [2.24, 2.45) is 0 Å². The average Bonchev–Trinajstić information content (AvgIpc) is 2.91. The Labute approximate surface area is 214 Å². The van der Waals surface area contributed by atoms with Crippen molar-refractivity contribution in [1.29, 1.82) is 0 Å². The number of rotatable bonds is 9. The first-order chi connectivity index (χ1) is 17.9. The van der Waals surface area contributed by atoms with Crippen LogP contribution in [0.2, 0.25) is 0 Å². The summed E-state index contributed by atoms with van der Waals surface area (Å²) < 4.78 is 35.0. The van der Waals surface area contributed by atoms with Crippen LogP contribution >= 0.6 is 0 Å². The first-order valence-corrected chi connectivity index (χ1v) is 12.0. The quantitative estimate of drug-likeness (QED) is 0.443. The van der Waals surface area contributed by atoms with Gasteiger partial charge in [0.15, 0.2) is 11.5 Å². The standard InChI is InChI=1S/C28H29F2N3O4/c1-3-36-25-15-20(8-10-24(25)37-28(29)30)26(34)32-16-18-5-4-6-21(13-18)27(35)33(2)23-9-7-19-11-12-31-17-22(19)14-23/h4-10,13-15,28,31H,3,11-12,16-17H2,1-2H3,(H,32,34). The molecule has 2 N–H and O–H groups in total. The molecule has 1 heterocycles. The highest BCUT2D eigenvalue weighted by atomic mass is 19.3. The molecule has 0 aromatic heterocycles. The van der Waals surface area contributed by atoms with Crippen LogP contribution in [0.1, 0.15) is 44.3 Å². The van der Waals surface area contributed by atoms with Crippen LogP contribution in [0.5, 0.6) is 11.5 Å². The summed E-state index contributed by atoms with van der Waals surface area (Å²) in [7, 11) is 1.74. The Kier molecular flexibility index (Phi) is 8.35. The van der Waals surface area contributed by atoms with Crippen molar-refractivity contribution >= 4 is 17.5 Å². The van der Waals surface area contributed by atoms with E-state index in [2.05, 4.69) is 21.4 Å². The van der Waals surface area contributed by atoms with Gasteiger partial charge in [-0.15, -0.1) is 0 Å². The van der Waals surface area contributed by atoms with Crippen molar-refractivity contribution in [3.63, 3.8) is 0 Å². The summed E-state index contributed by atoms with van der Waals surface area (Å²) in [6, 6.07) is 17.2. The minimum absolute atomic E-state index is 0.0593. The van der Waals surface area contributed by atoms with Gasteiger partial charge in [0.2, 0.25) is 0 Å². The van der Waals surface area contributed by atoms with Gasteiger partial charge < -0.3 is 25.0 Å². The number of carbonyl (C=O) groups is 2. The fourth-order valence-corrected chi connectivity index (χ4v) is 4.20. The van der Waals surface area contributed by atoms with Gasteiger partial charge in [-0.2, -0.15) is 8.78 Å². The van der Waals surface area contributed by atoms with Gasteiger partial charge in [-0.3, -0.25) is 9.59 Å². The Morgan fingerprint density at radius 2 is 1.86 bits per heavy atom. The van der Waals surface area contributed by atoms with E-state index in [1.54, 1.807) is 37.1 Å². The molecule has 0 bridgehead atoms. The molecule has 37 heavy (non-hydrogen) atoms. The average molecular weight is 510 g/mol. The Morgan fingerprint density at radius 3 is 2.65 bits per heavy atom. The molecule has 0 saturated carbocycles. The van der Waals surface area contributed by atoms with Crippen LogP contribution in [-0.2, 0) is 19.5 Å². The lowest BCUT2D eigenvalue weighted by Gasteiger charge is -2.22. The van der Waals surface area contributed by atoms with Crippen molar-refractivity contribution in [2.45, 2.75) is 33.0 Å². The molecular formula is C28H29F2N3O4. The first kappa shape index (κ1) is 26.1. The predicted octanol–water partition coefficient (Wildman–Crippen LogP) is 4.54. The smallest absolute Gasteiger partial charge is 0.387 e. The topological polar surface area (TPSA) is 79.9 Å². The fraction of sp³-hybridized carbons (Fsp3) is 0.286. The highest BCUT2D eigenvalue weighted by Gasteiger charge is 2.18. The summed E-state index contributed by atoms with van der Waals surface area (Å²) in [5.41, 5.74) is 4.78. The summed E-state index contributed by atoms with van der Waals surface area (Å²) in [4.78, 5) is 27.5. The summed E-state index contributed by atoms with van der Waals surface area (Å²) >= 11 is 0. The number of ether oxygens (including phenoxy) is 2. The van der Waals surface area contributed by atoms with E-state index in [0.717, 1.165) is 30.8 Å². The number of alkyl halides is 2. The lowest BCUT2D eigenvalue weighted by molar-refractivity contribution is -0.0514. The molecule has 4 rings (SSSR count). The Hall–Kier alpha value is -3.98. The molecule has 3 aromatic carbocycles. The van der Waals surface area contributed by atoms with Crippen molar-refractivity contribution in [3.8, 4) is 11.5 Å². The highest BCUT2D eigenvalue weighted by molar-refractivity contribution is 6.06. The third kappa shape index (κ3) is 6.42. The summed E-state index contributed by atoms with van der Waals surface area (Å²) in [5.74, 6) is -0.656. The van der Waals surface area contributed by atoms with Gasteiger partial charge in [0.05, 0.1) is 6.61 Å². The molecule has 7 nitrogen and oxygen atoms in total. The Bertz CT molecular complexity index is 1280. The Balaban J connectivity index is 1.42. The number of nitrogens with one attached hydrogen (secondary N) is 2. The van der Waals surface area contributed by atoms with E-state index >= 15 is 0 Å². The van der Waals surface area contributed by atoms with Crippen molar-refractivity contribution in [1.82, 2.24) is 10.6 Å². The lowest BCUT2D eigenvalue weighted by Crippen LogP contribution is -2.28.